The smallest absolute Gasteiger partial charge is 0.352 e. The largest absolute Gasteiger partial charge is 0.477 e. The van der Waals surface area contributed by atoms with E-state index < -0.39 is 29.2 Å². The van der Waals surface area contributed by atoms with Crippen LogP contribution >= 0.6 is 34.4 Å². The summed E-state index contributed by atoms with van der Waals surface area (Å²) in [6, 6.07) is -0.908. The van der Waals surface area contributed by atoms with Gasteiger partial charge in [-0.3, -0.25) is 14.5 Å². The number of nitrogen functional groups attached to an aromatic ring is 2. The van der Waals surface area contributed by atoms with Gasteiger partial charge in [0, 0.05) is 16.5 Å². The molecule has 2 amide bonds. The minimum Gasteiger partial charge on any atom is -0.477 e. The number of nitrogens with two attached hydrogens (primary N) is 2. The van der Waals surface area contributed by atoms with Crippen molar-refractivity contribution in [3.05, 3.63) is 33.4 Å². The minimum absolute atomic E-state index is 0.0231. The highest BCUT2D eigenvalue weighted by molar-refractivity contribution is 8.00. The summed E-state index contributed by atoms with van der Waals surface area (Å²) in [6.45, 7) is 1.64. The molecular weight excluding hydrogens is 478 g/mol. The zero-order chi connectivity index (χ0) is 23.0. The van der Waals surface area contributed by atoms with Crippen LogP contribution in [0.4, 0.5) is 10.3 Å². The van der Waals surface area contributed by atoms with Gasteiger partial charge in [-0.25, -0.2) is 14.8 Å². The van der Waals surface area contributed by atoms with Crippen LogP contribution in [-0.2, 0) is 25.8 Å². The van der Waals surface area contributed by atoms with Crippen molar-refractivity contribution < 1.29 is 24.3 Å². The van der Waals surface area contributed by atoms with E-state index in [9.17, 15) is 19.5 Å². The molecule has 4 heterocycles. The van der Waals surface area contributed by atoms with Crippen molar-refractivity contribution in [2.24, 2.45) is 5.16 Å². The van der Waals surface area contributed by atoms with E-state index in [-0.39, 0.29) is 28.8 Å². The van der Waals surface area contributed by atoms with Crippen molar-refractivity contribution >= 4 is 68.2 Å². The molecule has 6 N–H and O–H groups in total. The molecule has 2 aliphatic heterocycles. The van der Waals surface area contributed by atoms with Gasteiger partial charge in [-0.2, -0.15) is 0 Å². The van der Waals surface area contributed by atoms with Crippen molar-refractivity contribution in [1.29, 1.82) is 0 Å². The number of hydrogen-bond acceptors (Lipinski definition) is 12. The number of anilines is 2. The molecule has 32 heavy (non-hydrogen) atoms. The highest BCUT2D eigenvalue weighted by Crippen LogP contribution is 2.40. The number of β-lactam (4-membered cyclic amide) rings is 1. The highest BCUT2D eigenvalue weighted by Gasteiger charge is 2.54. The van der Waals surface area contributed by atoms with Crippen LogP contribution in [0.1, 0.15) is 18.3 Å². The van der Waals surface area contributed by atoms with Gasteiger partial charge in [0.2, 0.25) is 0 Å². The van der Waals surface area contributed by atoms with Crippen LogP contribution in [0.2, 0.25) is 0 Å². The summed E-state index contributed by atoms with van der Waals surface area (Å²) in [5.74, 6) is -1.95. The number of amides is 2. The Bertz CT molecular complexity index is 1160. The van der Waals surface area contributed by atoms with Crippen LogP contribution in [0.25, 0.3) is 0 Å². The number of thioether (sulfide) groups is 1. The summed E-state index contributed by atoms with van der Waals surface area (Å²) >= 11 is 3.73. The second kappa shape index (κ2) is 8.76. The second-order valence-electron chi connectivity index (χ2n) is 6.76. The molecule has 1 saturated heterocycles. The lowest BCUT2D eigenvalue weighted by Crippen LogP contribution is -2.71. The van der Waals surface area contributed by atoms with Gasteiger partial charge in [-0.1, -0.05) is 5.16 Å². The van der Waals surface area contributed by atoms with Gasteiger partial charge < -0.3 is 26.7 Å². The van der Waals surface area contributed by atoms with Crippen LogP contribution < -0.4 is 16.8 Å². The molecular formula is C17H17N7O5S3. The predicted molar refractivity (Wildman–Crippen MR) is 120 cm³/mol. The summed E-state index contributed by atoms with van der Waals surface area (Å²) < 4.78 is 0. The number of aromatic nitrogens is 2. The SMILES string of the molecule is CC1=C(C(=O)O)N2C(=O)C(NC(=O)/C(=N\OCc3csc(N)n3)c3csc(N)n3)[C@@H]2SC1. The molecule has 0 radical (unpaired) electrons. The van der Waals surface area contributed by atoms with Gasteiger partial charge in [-0.05, 0) is 12.5 Å². The second-order valence-corrected chi connectivity index (χ2v) is 9.64. The molecule has 0 spiro atoms. The number of rotatable bonds is 7. The van der Waals surface area contributed by atoms with E-state index in [2.05, 4.69) is 20.4 Å². The first-order valence-electron chi connectivity index (χ1n) is 9.06. The first-order valence-corrected chi connectivity index (χ1v) is 11.9. The third-order valence-electron chi connectivity index (χ3n) is 4.57. The van der Waals surface area contributed by atoms with Crippen molar-refractivity contribution in [3.8, 4) is 0 Å². The number of carboxylic acid groups (broad SMARTS) is 1. The number of nitrogens with one attached hydrogen (secondary N) is 1. The van der Waals surface area contributed by atoms with E-state index in [1.807, 2.05) is 0 Å². The van der Waals surface area contributed by atoms with Gasteiger partial charge in [0.1, 0.15) is 22.8 Å². The molecule has 15 heteroatoms. The van der Waals surface area contributed by atoms with Crippen LogP contribution in [-0.4, -0.2) is 60.6 Å². The molecule has 1 unspecified atom stereocenters. The van der Waals surface area contributed by atoms with Crippen molar-refractivity contribution in [3.63, 3.8) is 0 Å². The summed E-state index contributed by atoms with van der Waals surface area (Å²) in [5.41, 5.74) is 12.4. The topological polar surface area (TPSA) is 186 Å². The molecule has 2 aromatic rings. The molecule has 2 atom stereocenters. The average Bonchev–Trinajstić information content (AvgIpc) is 3.36. The fourth-order valence-corrected chi connectivity index (χ4v) is 5.53. The average molecular weight is 496 g/mol. The molecule has 0 aliphatic carbocycles. The van der Waals surface area contributed by atoms with Crippen molar-refractivity contribution in [1.82, 2.24) is 20.2 Å². The third kappa shape index (κ3) is 4.13. The van der Waals surface area contributed by atoms with E-state index >= 15 is 0 Å². The first-order chi connectivity index (χ1) is 15.3. The molecule has 0 bridgehead atoms. The van der Waals surface area contributed by atoms with E-state index in [0.717, 1.165) is 11.3 Å². The van der Waals surface area contributed by atoms with Gasteiger partial charge in [0.15, 0.2) is 22.6 Å². The molecule has 12 nitrogen and oxygen atoms in total. The monoisotopic (exact) mass is 495 g/mol. The lowest BCUT2D eigenvalue weighted by Gasteiger charge is -2.49. The predicted octanol–water partition coefficient (Wildman–Crippen LogP) is 0.443. The first kappa shape index (κ1) is 22.0. The summed E-state index contributed by atoms with van der Waals surface area (Å²) in [4.78, 5) is 51.7. The Morgan fingerprint density at radius 2 is 2.03 bits per heavy atom. The molecule has 4 rings (SSSR count). The summed E-state index contributed by atoms with van der Waals surface area (Å²) in [6.07, 6.45) is 0. The fourth-order valence-electron chi connectivity index (χ4n) is 3.14. The quantitative estimate of drug-likeness (QED) is 0.238. The Balaban J connectivity index is 1.50. The lowest BCUT2D eigenvalue weighted by atomic mass is 10.0. The van der Waals surface area contributed by atoms with Crippen molar-refractivity contribution in [2.75, 3.05) is 17.2 Å². The Morgan fingerprint density at radius 1 is 1.31 bits per heavy atom. The fraction of sp³-hybridized carbons (Fsp3) is 0.294. The zero-order valence-corrected chi connectivity index (χ0v) is 18.9. The maximum Gasteiger partial charge on any atom is 0.352 e. The number of hydrogen-bond donors (Lipinski definition) is 4. The Labute approximate surface area is 193 Å². The normalized spacial score (nSPS) is 20.6. The van der Waals surface area contributed by atoms with Crippen LogP contribution in [0, 0.1) is 0 Å². The molecule has 168 valence electrons. The highest BCUT2D eigenvalue weighted by atomic mass is 32.2. The van der Waals surface area contributed by atoms with Gasteiger partial charge in [-0.15, -0.1) is 34.4 Å². The number of carbonyl (C=O) groups excluding carboxylic acids is 2. The number of nitrogens with zero attached hydrogens (tertiary/aromatic N) is 4. The number of carbonyl (C=O) groups is 3. The maximum absolute atomic E-state index is 13.0. The van der Waals surface area contributed by atoms with E-state index in [1.54, 1.807) is 12.3 Å². The van der Waals surface area contributed by atoms with Gasteiger partial charge >= 0.3 is 5.97 Å². The van der Waals surface area contributed by atoms with Crippen LogP contribution in [0.3, 0.4) is 0 Å². The van der Waals surface area contributed by atoms with Crippen molar-refractivity contribution in [2.45, 2.75) is 24.9 Å². The maximum atomic E-state index is 13.0. The molecule has 2 aliphatic rings. The number of thiazole rings is 2. The summed E-state index contributed by atoms with van der Waals surface area (Å²) in [7, 11) is 0. The van der Waals surface area contributed by atoms with Gasteiger partial charge in [0.05, 0.1) is 5.69 Å². The number of carboxylic acids is 1. The number of fused-ring (bicyclic) bond motifs is 1. The Kier molecular flexibility index (Phi) is 6.03. The number of aliphatic carboxylic acids is 1. The van der Waals surface area contributed by atoms with E-state index in [1.165, 1.54) is 33.4 Å². The summed E-state index contributed by atoms with van der Waals surface area (Å²) in [5, 5.41) is 19.3. The van der Waals surface area contributed by atoms with Crippen LogP contribution in [0.5, 0.6) is 0 Å². The van der Waals surface area contributed by atoms with E-state index in [0.29, 0.717) is 22.2 Å². The minimum atomic E-state index is -1.18. The molecule has 0 saturated carbocycles. The zero-order valence-electron chi connectivity index (χ0n) is 16.5. The molecule has 0 aromatic carbocycles. The molecule has 1 fully saturated rings. The lowest BCUT2D eigenvalue weighted by molar-refractivity contribution is -0.150. The molecule has 2 aromatic heterocycles. The Hall–Kier alpha value is -3.17. The Morgan fingerprint density at radius 3 is 2.66 bits per heavy atom. The van der Waals surface area contributed by atoms with Gasteiger partial charge in [0.25, 0.3) is 11.8 Å². The van der Waals surface area contributed by atoms with E-state index in [4.69, 9.17) is 16.3 Å². The van der Waals surface area contributed by atoms with Crippen LogP contribution in [0.15, 0.2) is 27.2 Å². The standard InChI is InChI=1S/C17H17N7O5S3/c1-6-3-30-14-10(13(26)24(14)11(6)15(27)28)22-12(25)9(8-5-32-17(19)21-8)23-29-2-7-4-31-16(18)20-7/h4-5,10,14H,2-3H2,1H3,(H2,18,20)(H2,19,21)(H,22,25)(H,27,28)/b23-9-/t10?,14-/m0/s1. The third-order valence-corrected chi connectivity index (χ3v) is 7.39. The number of oxime groups is 1.